The summed E-state index contributed by atoms with van der Waals surface area (Å²) in [7, 11) is -5.13. The molecule has 0 atom stereocenters. The molecule has 3 rings (SSSR count). The maximum absolute atomic E-state index is 9.22. The van der Waals surface area contributed by atoms with Gasteiger partial charge in [-0.05, 0) is 36.4 Å². The van der Waals surface area contributed by atoms with Crippen molar-refractivity contribution in [1.82, 2.24) is 0 Å². The van der Waals surface area contributed by atoms with Gasteiger partial charge in [-0.3, -0.25) is 4.18 Å². The maximum atomic E-state index is 9.22. The molecule has 26 heavy (non-hydrogen) atoms. The molecule has 0 unspecified atom stereocenters. The van der Waals surface area contributed by atoms with Gasteiger partial charge in [-0.25, -0.2) is 8.42 Å². The molecule has 3 aromatic rings. The van der Waals surface area contributed by atoms with Crippen molar-refractivity contribution >= 4 is 33.6 Å². The van der Waals surface area contributed by atoms with E-state index in [1.807, 2.05) is 0 Å². The van der Waals surface area contributed by atoms with Crippen molar-refractivity contribution in [3.05, 3.63) is 91.0 Å². The van der Waals surface area contributed by atoms with Gasteiger partial charge in [-0.1, -0.05) is 54.6 Å². The van der Waals surface area contributed by atoms with E-state index in [9.17, 15) is 13.0 Å². The van der Waals surface area contributed by atoms with Gasteiger partial charge in [0.1, 0.15) is 23.2 Å². The van der Waals surface area contributed by atoms with Crippen LogP contribution in [0.5, 0.6) is 0 Å². The van der Waals surface area contributed by atoms with Crippen LogP contribution in [0, 0.1) is 0 Å². The van der Waals surface area contributed by atoms with Crippen LogP contribution < -0.4 is 15.9 Å². The first kappa shape index (κ1) is 20.3. The lowest BCUT2D eigenvalue weighted by atomic mass is 10.4. The SMILES string of the molecule is COS(=O)(=O)[O-].C[P+](c1ccccc1)(c1ccccc1)c1ccccc1. The van der Waals surface area contributed by atoms with Gasteiger partial charge in [0.25, 0.3) is 0 Å². The van der Waals surface area contributed by atoms with E-state index in [0.29, 0.717) is 0 Å². The van der Waals surface area contributed by atoms with Crippen molar-refractivity contribution < 1.29 is 17.2 Å². The van der Waals surface area contributed by atoms with Crippen molar-refractivity contribution in [2.24, 2.45) is 0 Å². The quantitative estimate of drug-likeness (QED) is 0.392. The third-order valence-electron chi connectivity index (χ3n) is 4.02. The van der Waals surface area contributed by atoms with Crippen molar-refractivity contribution in [3.8, 4) is 0 Å². The summed E-state index contributed by atoms with van der Waals surface area (Å²) in [5.74, 6) is 0. The summed E-state index contributed by atoms with van der Waals surface area (Å²) in [5, 5.41) is 4.28. The molecular weight excluding hydrogens is 367 g/mol. The standard InChI is InChI=1S/C19H18P.CH4O4S/c1-20(17-11-5-2-6-12-17,18-13-7-3-8-14-18)19-15-9-4-10-16-19;1-5-6(2,3)4/h2-16H,1H3;1H3,(H,2,3,4)/q+1;/p-1. The Bertz CT molecular complexity index is 802. The lowest BCUT2D eigenvalue weighted by Gasteiger charge is -2.22. The number of hydrogen-bond acceptors (Lipinski definition) is 4. The number of hydrogen-bond donors (Lipinski definition) is 0. The summed E-state index contributed by atoms with van der Waals surface area (Å²) >= 11 is 0. The largest absolute Gasteiger partial charge is 0.726 e. The Labute approximate surface area is 155 Å². The highest BCUT2D eigenvalue weighted by Crippen LogP contribution is 2.51. The number of rotatable bonds is 4. The molecule has 0 fully saturated rings. The molecule has 0 bridgehead atoms. The molecule has 0 aliphatic rings. The highest BCUT2D eigenvalue weighted by atomic mass is 32.3. The molecule has 0 saturated heterocycles. The first-order chi connectivity index (χ1) is 12.4. The van der Waals surface area contributed by atoms with Crippen LogP contribution in [0.3, 0.4) is 0 Å². The molecular formula is C20H21O4PS. The molecule has 0 spiro atoms. The monoisotopic (exact) mass is 388 g/mol. The average molecular weight is 388 g/mol. The number of benzene rings is 3. The molecule has 0 aliphatic carbocycles. The minimum absolute atomic E-state index is 0.808. The van der Waals surface area contributed by atoms with Gasteiger partial charge in [0.2, 0.25) is 10.4 Å². The Kier molecular flexibility index (Phi) is 7.06. The van der Waals surface area contributed by atoms with Gasteiger partial charge in [-0.2, -0.15) is 0 Å². The molecule has 3 aromatic carbocycles. The van der Waals surface area contributed by atoms with Crippen LogP contribution in [-0.4, -0.2) is 26.7 Å². The Morgan fingerprint density at radius 1 is 0.692 bits per heavy atom. The zero-order valence-corrected chi connectivity index (χ0v) is 16.4. The average Bonchev–Trinajstić information content (AvgIpc) is 2.69. The normalized spacial score (nSPS) is 11.3. The van der Waals surface area contributed by atoms with Crippen LogP contribution >= 0.6 is 7.26 Å². The van der Waals surface area contributed by atoms with E-state index in [-0.39, 0.29) is 0 Å². The van der Waals surface area contributed by atoms with E-state index in [1.165, 1.54) is 15.9 Å². The molecule has 0 saturated carbocycles. The van der Waals surface area contributed by atoms with Crippen LogP contribution in [-0.2, 0) is 14.6 Å². The first-order valence-corrected chi connectivity index (χ1v) is 11.5. The summed E-state index contributed by atoms with van der Waals surface area (Å²) in [6.45, 7) is 2.41. The Hall–Kier alpha value is -2.04. The van der Waals surface area contributed by atoms with E-state index in [1.54, 1.807) is 0 Å². The van der Waals surface area contributed by atoms with Gasteiger partial charge in [0.05, 0.1) is 13.8 Å². The minimum atomic E-state index is -4.41. The zero-order chi connectivity index (χ0) is 19.0. The Morgan fingerprint density at radius 3 is 1.12 bits per heavy atom. The molecule has 0 N–H and O–H groups in total. The summed E-state index contributed by atoms with van der Waals surface area (Å²) in [6.07, 6.45) is 0. The second-order valence-electron chi connectivity index (χ2n) is 5.59. The molecule has 0 aliphatic heterocycles. The highest BCUT2D eigenvalue weighted by Gasteiger charge is 2.39. The van der Waals surface area contributed by atoms with Gasteiger partial charge in [0, 0.05) is 0 Å². The highest BCUT2D eigenvalue weighted by molar-refractivity contribution is 7.95. The minimum Gasteiger partial charge on any atom is -0.726 e. The van der Waals surface area contributed by atoms with Gasteiger partial charge in [0.15, 0.2) is 0 Å². The molecule has 0 aromatic heterocycles. The Morgan fingerprint density at radius 2 is 0.923 bits per heavy atom. The third kappa shape index (κ3) is 5.23. The third-order valence-corrected chi connectivity index (χ3v) is 8.42. The second kappa shape index (κ2) is 9.06. The molecule has 0 radical (unpaired) electrons. The summed E-state index contributed by atoms with van der Waals surface area (Å²) in [6, 6.07) is 32.6. The fourth-order valence-electron chi connectivity index (χ4n) is 2.63. The van der Waals surface area contributed by atoms with Crippen LogP contribution in [0.1, 0.15) is 0 Å². The van der Waals surface area contributed by atoms with E-state index >= 15 is 0 Å². The predicted molar refractivity (Wildman–Crippen MR) is 108 cm³/mol. The van der Waals surface area contributed by atoms with E-state index in [2.05, 4.69) is 102 Å². The smallest absolute Gasteiger partial charge is 0.217 e. The van der Waals surface area contributed by atoms with E-state index < -0.39 is 17.7 Å². The van der Waals surface area contributed by atoms with Crippen molar-refractivity contribution in [2.75, 3.05) is 13.8 Å². The van der Waals surface area contributed by atoms with E-state index in [4.69, 9.17) is 0 Å². The Balaban J connectivity index is 0.000000352. The summed E-state index contributed by atoms with van der Waals surface area (Å²) in [4.78, 5) is 0. The van der Waals surface area contributed by atoms with Gasteiger partial charge >= 0.3 is 0 Å². The topological polar surface area (TPSA) is 66.4 Å². The summed E-state index contributed by atoms with van der Waals surface area (Å²) in [5.41, 5.74) is 0. The lowest BCUT2D eigenvalue weighted by molar-refractivity contribution is 0.314. The van der Waals surface area contributed by atoms with Crippen LogP contribution in [0.15, 0.2) is 91.0 Å². The molecule has 0 amide bonds. The zero-order valence-electron chi connectivity index (χ0n) is 14.6. The van der Waals surface area contributed by atoms with Crippen molar-refractivity contribution in [2.45, 2.75) is 0 Å². The fraction of sp³-hybridized carbons (Fsp3) is 0.100. The molecule has 136 valence electrons. The van der Waals surface area contributed by atoms with Crippen LogP contribution in [0.4, 0.5) is 0 Å². The maximum Gasteiger partial charge on any atom is 0.217 e. The van der Waals surface area contributed by atoms with E-state index in [0.717, 1.165) is 7.11 Å². The second-order valence-corrected chi connectivity index (χ2v) is 10.3. The first-order valence-electron chi connectivity index (χ1n) is 7.92. The fourth-order valence-corrected chi connectivity index (χ4v) is 5.83. The summed E-state index contributed by atoms with van der Waals surface area (Å²) < 4.78 is 31.0. The molecule has 6 heteroatoms. The van der Waals surface area contributed by atoms with Gasteiger partial charge < -0.3 is 4.55 Å². The molecule has 4 nitrogen and oxygen atoms in total. The van der Waals surface area contributed by atoms with Crippen LogP contribution in [0.25, 0.3) is 0 Å². The van der Waals surface area contributed by atoms with Crippen molar-refractivity contribution in [3.63, 3.8) is 0 Å². The predicted octanol–water partition coefficient (Wildman–Crippen LogP) is 2.70. The molecule has 0 heterocycles. The lowest BCUT2D eigenvalue weighted by Crippen LogP contribution is -2.30. The van der Waals surface area contributed by atoms with Crippen LogP contribution in [0.2, 0.25) is 0 Å². The van der Waals surface area contributed by atoms with Crippen molar-refractivity contribution in [1.29, 1.82) is 0 Å². The van der Waals surface area contributed by atoms with Gasteiger partial charge in [-0.15, -0.1) is 0 Å².